The highest BCUT2D eigenvalue weighted by atomic mass is 19.4. The number of nitrogens with zero attached hydrogens (tertiary/aromatic N) is 1. The zero-order valence-corrected chi connectivity index (χ0v) is 19.1. The van der Waals surface area contributed by atoms with Gasteiger partial charge in [-0.15, -0.1) is 0 Å². The lowest BCUT2D eigenvalue weighted by atomic mass is 10.0. The summed E-state index contributed by atoms with van der Waals surface area (Å²) >= 11 is 0. The number of carbonyl (C=O) groups excluding carboxylic acids is 3. The van der Waals surface area contributed by atoms with E-state index in [1.54, 1.807) is 30.3 Å². The van der Waals surface area contributed by atoms with Crippen molar-refractivity contribution in [2.24, 2.45) is 0 Å². The molecule has 0 saturated carbocycles. The molecule has 3 rings (SSSR count). The van der Waals surface area contributed by atoms with Gasteiger partial charge in [0.15, 0.2) is 6.61 Å². The minimum Gasteiger partial charge on any atom is -0.455 e. The number of nitrogens with one attached hydrogen (secondary N) is 2. The normalized spacial score (nSPS) is 14.7. The largest absolute Gasteiger partial charge is 0.455 e. The van der Waals surface area contributed by atoms with E-state index in [2.05, 4.69) is 10.6 Å². The molecule has 11 heteroatoms. The third kappa shape index (κ3) is 7.71. The summed E-state index contributed by atoms with van der Waals surface area (Å²) < 4.78 is 50.0. The Morgan fingerprint density at radius 3 is 2.40 bits per heavy atom. The van der Waals surface area contributed by atoms with E-state index in [1.807, 2.05) is 4.90 Å². The number of hydrogen-bond acceptors (Lipinski definition) is 6. The lowest BCUT2D eigenvalue weighted by Crippen LogP contribution is -2.37. The zero-order valence-electron chi connectivity index (χ0n) is 19.1. The lowest BCUT2D eigenvalue weighted by Gasteiger charge is -2.31. The highest BCUT2D eigenvalue weighted by Gasteiger charge is 2.32. The molecule has 0 radical (unpaired) electrons. The van der Waals surface area contributed by atoms with Crippen molar-refractivity contribution < 1.29 is 37.0 Å². The number of amides is 2. The molecule has 188 valence electrons. The number of carbonyl (C=O) groups is 3. The number of alkyl halides is 3. The summed E-state index contributed by atoms with van der Waals surface area (Å²) in [6, 6.07) is 11.2. The predicted octanol–water partition coefficient (Wildman–Crippen LogP) is 3.29. The van der Waals surface area contributed by atoms with E-state index in [0.717, 1.165) is 12.1 Å². The molecule has 2 N–H and O–H groups in total. The molecule has 1 saturated heterocycles. The fraction of sp³-hybridized carbons (Fsp3) is 0.375. The van der Waals surface area contributed by atoms with Crippen LogP contribution < -0.4 is 15.5 Å². The molecule has 2 amide bonds. The Bertz CT molecular complexity index is 1040. The van der Waals surface area contributed by atoms with E-state index in [1.165, 1.54) is 13.0 Å². The Balaban J connectivity index is 1.65. The van der Waals surface area contributed by atoms with Gasteiger partial charge in [0.25, 0.3) is 5.91 Å². The molecule has 1 aliphatic heterocycles. The van der Waals surface area contributed by atoms with Crippen molar-refractivity contribution in [1.82, 2.24) is 5.32 Å². The van der Waals surface area contributed by atoms with E-state index >= 15 is 0 Å². The molecule has 1 heterocycles. The maximum absolute atomic E-state index is 13.2. The minimum absolute atomic E-state index is 0.0387. The third-order valence-corrected chi connectivity index (χ3v) is 5.26. The van der Waals surface area contributed by atoms with Gasteiger partial charge in [-0.2, -0.15) is 13.2 Å². The summed E-state index contributed by atoms with van der Waals surface area (Å²) in [7, 11) is 0. The van der Waals surface area contributed by atoms with Crippen molar-refractivity contribution in [3.8, 4) is 0 Å². The van der Waals surface area contributed by atoms with Crippen molar-refractivity contribution in [1.29, 1.82) is 0 Å². The first-order valence-corrected chi connectivity index (χ1v) is 10.9. The molecule has 8 nitrogen and oxygen atoms in total. The smallest absolute Gasteiger partial charge is 0.416 e. The average Bonchev–Trinajstić information content (AvgIpc) is 2.82. The molecular weight excluding hydrogens is 467 g/mol. The molecule has 1 aliphatic rings. The number of esters is 1. The SMILES string of the molecule is CC(=O)NC(CC(=O)OCC(=O)Nc1cc(C(F)(F)F)ccc1N1CCOCC1)c1ccccc1. The van der Waals surface area contributed by atoms with Crippen LogP contribution in [0, 0.1) is 0 Å². The Labute approximate surface area is 200 Å². The van der Waals surface area contributed by atoms with Crippen LogP contribution in [0.3, 0.4) is 0 Å². The maximum Gasteiger partial charge on any atom is 0.416 e. The number of halogens is 3. The summed E-state index contributed by atoms with van der Waals surface area (Å²) in [5.74, 6) is -1.88. The van der Waals surface area contributed by atoms with Crippen LogP contribution in [-0.4, -0.2) is 50.7 Å². The number of morpholine rings is 1. The van der Waals surface area contributed by atoms with Crippen LogP contribution in [-0.2, 0) is 30.0 Å². The van der Waals surface area contributed by atoms with Gasteiger partial charge < -0.3 is 25.0 Å². The van der Waals surface area contributed by atoms with Crippen LogP contribution >= 0.6 is 0 Å². The van der Waals surface area contributed by atoms with E-state index in [4.69, 9.17) is 9.47 Å². The summed E-state index contributed by atoms with van der Waals surface area (Å²) in [5.41, 5.74) is 0.144. The van der Waals surface area contributed by atoms with Crippen molar-refractivity contribution >= 4 is 29.2 Å². The molecule has 0 aliphatic carbocycles. The summed E-state index contributed by atoms with van der Waals surface area (Å²) in [6.45, 7) is 2.33. The maximum atomic E-state index is 13.2. The third-order valence-electron chi connectivity index (χ3n) is 5.26. The summed E-state index contributed by atoms with van der Waals surface area (Å²) in [5, 5.41) is 5.08. The molecule has 1 unspecified atom stereocenters. The second-order valence-electron chi connectivity index (χ2n) is 7.91. The quantitative estimate of drug-likeness (QED) is 0.548. The average molecular weight is 493 g/mol. The zero-order chi connectivity index (χ0) is 25.4. The predicted molar refractivity (Wildman–Crippen MR) is 122 cm³/mol. The van der Waals surface area contributed by atoms with Crippen LogP contribution in [0.1, 0.15) is 30.5 Å². The Hall–Kier alpha value is -3.60. The Kier molecular flexibility index (Phi) is 8.69. The molecule has 0 bridgehead atoms. The van der Waals surface area contributed by atoms with Crippen LogP contribution in [0.4, 0.5) is 24.5 Å². The molecule has 35 heavy (non-hydrogen) atoms. The number of rotatable bonds is 8. The Morgan fingerprint density at radius 2 is 1.77 bits per heavy atom. The number of hydrogen-bond donors (Lipinski definition) is 2. The van der Waals surface area contributed by atoms with Gasteiger partial charge >= 0.3 is 12.1 Å². The standard InChI is InChI=1S/C24H26F3N3O5/c1-16(31)28-19(17-5-3-2-4-6-17)14-23(33)35-15-22(32)29-20-13-18(24(25,26)27)7-8-21(20)30-9-11-34-12-10-30/h2-8,13,19H,9-12,14-15H2,1H3,(H,28,31)(H,29,32). The number of anilines is 2. The second-order valence-corrected chi connectivity index (χ2v) is 7.91. The van der Waals surface area contributed by atoms with Gasteiger partial charge in [0, 0.05) is 20.0 Å². The van der Waals surface area contributed by atoms with E-state index in [0.29, 0.717) is 37.6 Å². The summed E-state index contributed by atoms with van der Waals surface area (Å²) in [4.78, 5) is 38.1. The molecule has 2 aromatic rings. The van der Waals surface area contributed by atoms with Gasteiger partial charge in [0.05, 0.1) is 42.6 Å². The topological polar surface area (TPSA) is 97.0 Å². The molecule has 2 aromatic carbocycles. The number of benzene rings is 2. The highest BCUT2D eigenvalue weighted by molar-refractivity contribution is 5.96. The van der Waals surface area contributed by atoms with Gasteiger partial charge in [0.2, 0.25) is 5.91 Å². The first-order chi connectivity index (χ1) is 16.6. The van der Waals surface area contributed by atoms with E-state index < -0.39 is 36.3 Å². The lowest BCUT2D eigenvalue weighted by molar-refractivity contribution is -0.148. The Morgan fingerprint density at radius 1 is 1.09 bits per heavy atom. The molecular formula is C24H26F3N3O5. The van der Waals surface area contributed by atoms with Crippen molar-refractivity contribution in [2.75, 3.05) is 43.1 Å². The highest BCUT2D eigenvalue weighted by Crippen LogP contribution is 2.35. The van der Waals surface area contributed by atoms with E-state index in [-0.39, 0.29) is 18.0 Å². The number of ether oxygens (including phenoxy) is 2. The molecule has 0 spiro atoms. The van der Waals surface area contributed by atoms with Crippen molar-refractivity contribution in [3.05, 3.63) is 59.7 Å². The van der Waals surface area contributed by atoms with Crippen LogP contribution in [0.15, 0.2) is 48.5 Å². The first kappa shape index (κ1) is 26.0. The molecule has 1 fully saturated rings. The van der Waals surface area contributed by atoms with Crippen LogP contribution in [0.25, 0.3) is 0 Å². The monoisotopic (exact) mass is 493 g/mol. The first-order valence-electron chi connectivity index (χ1n) is 10.9. The molecule has 0 aromatic heterocycles. The molecule has 1 atom stereocenters. The fourth-order valence-corrected chi connectivity index (χ4v) is 3.63. The van der Waals surface area contributed by atoms with Gasteiger partial charge in [-0.1, -0.05) is 30.3 Å². The second kappa shape index (κ2) is 11.7. The fourth-order valence-electron chi connectivity index (χ4n) is 3.63. The minimum atomic E-state index is -4.59. The van der Waals surface area contributed by atoms with Crippen molar-refractivity contribution in [3.63, 3.8) is 0 Å². The van der Waals surface area contributed by atoms with Gasteiger partial charge in [-0.3, -0.25) is 14.4 Å². The van der Waals surface area contributed by atoms with Crippen LogP contribution in [0.5, 0.6) is 0 Å². The van der Waals surface area contributed by atoms with Crippen molar-refractivity contribution in [2.45, 2.75) is 25.6 Å². The van der Waals surface area contributed by atoms with Gasteiger partial charge in [0.1, 0.15) is 0 Å². The van der Waals surface area contributed by atoms with E-state index in [9.17, 15) is 27.6 Å². The van der Waals surface area contributed by atoms with Crippen LogP contribution in [0.2, 0.25) is 0 Å². The van der Waals surface area contributed by atoms with Gasteiger partial charge in [-0.05, 0) is 23.8 Å². The van der Waals surface area contributed by atoms with Gasteiger partial charge in [-0.25, -0.2) is 0 Å². The summed E-state index contributed by atoms with van der Waals surface area (Å²) in [6.07, 6.45) is -4.81.